The van der Waals surface area contributed by atoms with Crippen molar-refractivity contribution < 1.29 is 19.1 Å². The van der Waals surface area contributed by atoms with Crippen molar-refractivity contribution in [3.63, 3.8) is 0 Å². The SMILES string of the molecule is COc1ccc([C@@H]2NC(=O)NC(C)=C2C(=O)O[C@@H](C)C(C)(C)C)cc1. The molecule has 25 heavy (non-hydrogen) atoms. The zero-order valence-corrected chi connectivity index (χ0v) is 15.6. The minimum atomic E-state index is -0.570. The molecule has 6 nitrogen and oxygen atoms in total. The number of nitrogens with one attached hydrogen (secondary N) is 2. The number of amides is 2. The Labute approximate surface area is 148 Å². The summed E-state index contributed by atoms with van der Waals surface area (Å²) in [7, 11) is 1.59. The number of methoxy groups -OCH3 is 1. The zero-order chi connectivity index (χ0) is 18.8. The molecule has 0 unspecified atom stereocenters. The smallest absolute Gasteiger partial charge is 0.338 e. The Bertz CT molecular complexity index is 686. The molecule has 0 aromatic heterocycles. The van der Waals surface area contributed by atoms with E-state index in [1.165, 1.54) is 0 Å². The van der Waals surface area contributed by atoms with Crippen molar-refractivity contribution in [2.75, 3.05) is 7.11 Å². The van der Waals surface area contributed by atoms with Crippen LogP contribution < -0.4 is 15.4 Å². The molecule has 2 atom stereocenters. The van der Waals surface area contributed by atoms with Gasteiger partial charge in [-0.05, 0) is 37.0 Å². The molecule has 0 aliphatic carbocycles. The second-order valence-corrected chi connectivity index (χ2v) is 7.26. The summed E-state index contributed by atoms with van der Waals surface area (Å²) in [6, 6.07) is 6.31. The molecule has 6 heteroatoms. The minimum Gasteiger partial charge on any atom is -0.497 e. The number of carbonyl (C=O) groups excluding carboxylic acids is 2. The third-order valence-corrected chi connectivity index (χ3v) is 4.44. The van der Waals surface area contributed by atoms with Crippen LogP contribution >= 0.6 is 0 Å². The molecule has 0 saturated carbocycles. The van der Waals surface area contributed by atoms with Crippen molar-refractivity contribution >= 4 is 12.0 Å². The van der Waals surface area contributed by atoms with Gasteiger partial charge in [0.2, 0.25) is 0 Å². The number of ether oxygens (including phenoxy) is 2. The highest BCUT2D eigenvalue weighted by molar-refractivity contribution is 5.95. The Morgan fingerprint density at radius 3 is 2.32 bits per heavy atom. The monoisotopic (exact) mass is 346 g/mol. The standard InChI is InChI=1S/C19H26N2O4/c1-11-15(17(22)25-12(2)19(3,4)5)16(21-18(23)20-11)13-7-9-14(24-6)10-8-13/h7-10,12,16H,1-6H3,(H2,20,21,23)/t12-,16-/m0/s1. The molecule has 0 fully saturated rings. The molecular weight excluding hydrogens is 320 g/mol. The third kappa shape index (κ3) is 4.32. The highest BCUT2D eigenvalue weighted by Crippen LogP contribution is 2.30. The first-order valence-corrected chi connectivity index (χ1v) is 8.26. The molecule has 0 radical (unpaired) electrons. The molecule has 1 aromatic rings. The average molecular weight is 346 g/mol. The summed E-state index contributed by atoms with van der Waals surface area (Å²) in [5.74, 6) is 0.267. The number of hydrogen-bond donors (Lipinski definition) is 2. The molecule has 136 valence electrons. The van der Waals surface area contributed by atoms with E-state index in [9.17, 15) is 9.59 Å². The summed E-state index contributed by atoms with van der Waals surface area (Å²) in [6.45, 7) is 9.59. The second kappa shape index (κ2) is 7.17. The molecule has 1 aliphatic rings. The quantitative estimate of drug-likeness (QED) is 0.820. The molecule has 0 bridgehead atoms. The van der Waals surface area contributed by atoms with Crippen molar-refractivity contribution in [1.82, 2.24) is 10.6 Å². The average Bonchev–Trinajstić information content (AvgIpc) is 2.53. The van der Waals surface area contributed by atoms with Gasteiger partial charge in [-0.2, -0.15) is 0 Å². The van der Waals surface area contributed by atoms with E-state index in [4.69, 9.17) is 9.47 Å². The van der Waals surface area contributed by atoms with E-state index < -0.39 is 12.0 Å². The van der Waals surface area contributed by atoms with Crippen molar-refractivity contribution in [1.29, 1.82) is 0 Å². The fourth-order valence-corrected chi connectivity index (χ4v) is 2.41. The van der Waals surface area contributed by atoms with Crippen LogP contribution in [0.4, 0.5) is 4.79 Å². The normalized spacial score (nSPS) is 19.0. The first-order valence-electron chi connectivity index (χ1n) is 8.26. The van der Waals surface area contributed by atoms with E-state index in [0.29, 0.717) is 17.0 Å². The highest BCUT2D eigenvalue weighted by Gasteiger charge is 2.34. The number of urea groups is 1. The van der Waals surface area contributed by atoms with Crippen molar-refractivity contribution in [3.8, 4) is 5.75 Å². The van der Waals surface area contributed by atoms with Crippen LogP contribution in [0, 0.1) is 5.41 Å². The van der Waals surface area contributed by atoms with Crippen molar-refractivity contribution in [3.05, 3.63) is 41.1 Å². The van der Waals surface area contributed by atoms with Gasteiger partial charge in [-0.1, -0.05) is 32.9 Å². The van der Waals surface area contributed by atoms with Crippen LogP contribution in [0.1, 0.15) is 46.2 Å². The molecule has 2 N–H and O–H groups in total. The first kappa shape index (κ1) is 18.8. The maximum absolute atomic E-state index is 12.8. The first-order chi connectivity index (χ1) is 11.6. The number of esters is 1. The lowest BCUT2D eigenvalue weighted by molar-refractivity contribution is -0.149. The van der Waals surface area contributed by atoms with Gasteiger partial charge in [-0.25, -0.2) is 9.59 Å². The fraction of sp³-hybridized carbons (Fsp3) is 0.474. The molecule has 1 aliphatic heterocycles. The summed E-state index contributed by atoms with van der Waals surface area (Å²) in [5, 5.41) is 5.44. The number of benzene rings is 1. The second-order valence-electron chi connectivity index (χ2n) is 7.26. The molecule has 2 rings (SSSR count). The largest absolute Gasteiger partial charge is 0.497 e. The van der Waals surface area contributed by atoms with Gasteiger partial charge < -0.3 is 20.1 Å². The Morgan fingerprint density at radius 2 is 1.80 bits per heavy atom. The van der Waals surface area contributed by atoms with Crippen LogP contribution in [0.15, 0.2) is 35.5 Å². The van der Waals surface area contributed by atoms with Gasteiger partial charge in [0.05, 0.1) is 18.7 Å². The Hall–Kier alpha value is -2.50. The van der Waals surface area contributed by atoms with Crippen LogP contribution in [0.5, 0.6) is 5.75 Å². The summed E-state index contributed by atoms with van der Waals surface area (Å²) in [4.78, 5) is 24.7. The summed E-state index contributed by atoms with van der Waals surface area (Å²) >= 11 is 0. The van der Waals surface area contributed by atoms with Gasteiger partial charge in [0.1, 0.15) is 11.9 Å². The predicted octanol–water partition coefficient (Wildman–Crippen LogP) is 3.30. The predicted molar refractivity (Wildman–Crippen MR) is 95.1 cm³/mol. The topological polar surface area (TPSA) is 76.7 Å². The van der Waals surface area contributed by atoms with E-state index in [-0.39, 0.29) is 17.6 Å². The molecule has 0 spiro atoms. The van der Waals surface area contributed by atoms with Crippen LogP contribution in [0.2, 0.25) is 0 Å². The molecule has 1 aromatic carbocycles. The van der Waals surface area contributed by atoms with Gasteiger partial charge in [0, 0.05) is 5.70 Å². The van der Waals surface area contributed by atoms with E-state index >= 15 is 0 Å². The number of hydrogen-bond acceptors (Lipinski definition) is 4. The molecule has 0 saturated heterocycles. The number of carbonyl (C=O) groups is 2. The van der Waals surface area contributed by atoms with Gasteiger partial charge in [-0.3, -0.25) is 0 Å². The van der Waals surface area contributed by atoms with Crippen LogP contribution in [-0.2, 0) is 9.53 Å². The van der Waals surface area contributed by atoms with Crippen LogP contribution in [0.25, 0.3) is 0 Å². The van der Waals surface area contributed by atoms with E-state index in [0.717, 1.165) is 5.56 Å². The highest BCUT2D eigenvalue weighted by atomic mass is 16.5. The van der Waals surface area contributed by atoms with E-state index in [1.807, 2.05) is 39.8 Å². The summed E-state index contributed by atoms with van der Waals surface area (Å²) < 4.78 is 10.8. The molecule has 2 amide bonds. The lowest BCUT2D eigenvalue weighted by atomic mass is 9.90. The van der Waals surface area contributed by atoms with Gasteiger partial charge in [-0.15, -0.1) is 0 Å². The maximum Gasteiger partial charge on any atom is 0.338 e. The van der Waals surface area contributed by atoms with Gasteiger partial charge in [0.15, 0.2) is 0 Å². The summed E-state index contributed by atoms with van der Waals surface area (Å²) in [5.41, 5.74) is 1.51. The Balaban J connectivity index is 2.34. The molecule has 1 heterocycles. The lowest BCUT2D eigenvalue weighted by Crippen LogP contribution is -2.46. The van der Waals surface area contributed by atoms with Gasteiger partial charge >= 0.3 is 12.0 Å². The molecular formula is C19H26N2O4. The van der Waals surface area contributed by atoms with Crippen molar-refractivity contribution in [2.45, 2.75) is 46.8 Å². The van der Waals surface area contributed by atoms with E-state index in [1.54, 1.807) is 26.2 Å². The maximum atomic E-state index is 12.8. The third-order valence-electron chi connectivity index (χ3n) is 4.44. The number of rotatable bonds is 4. The van der Waals surface area contributed by atoms with Crippen LogP contribution in [-0.4, -0.2) is 25.2 Å². The number of allylic oxidation sites excluding steroid dienone is 1. The fourth-order valence-electron chi connectivity index (χ4n) is 2.41. The van der Waals surface area contributed by atoms with Gasteiger partial charge in [0.25, 0.3) is 0 Å². The Morgan fingerprint density at radius 1 is 1.20 bits per heavy atom. The van der Waals surface area contributed by atoms with E-state index in [2.05, 4.69) is 10.6 Å². The summed E-state index contributed by atoms with van der Waals surface area (Å²) in [6.07, 6.45) is -0.269. The minimum absolute atomic E-state index is 0.176. The van der Waals surface area contributed by atoms with Crippen LogP contribution in [0.3, 0.4) is 0 Å². The van der Waals surface area contributed by atoms with Crippen molar-refractivity contribution in [2.24, 2.45) is 5.41 Å². The zero-order valence-electron chi connectivity index (χ0n) is 15.6. The Kier molecular flexibility index (Phi) is 5.40. The lowest BCUT2D eigenvalue weighted by Gasteiger charge is -2.31.